The van der Waals surface area contributed by atoms with E-state index in [0.29, 0.717) is 5.69 Å². The second kappa shape index (κ2) is 15.3. The molecule has 42 heavy (non-hydrogen) atoms. The van der Waals surface area contributed by atoms with E-state index in [2.05, 4.69) is 10.6 Å². The molecule has 9 nitrogen and oxygen atoms in total. The highest BCUT2D eigenvalue weighted by atomic mass is 35.5. The van der Waals surface area contributed by atoms with Crippen LogP contribution in [0.3, 0.4) is 0 Å². The Kier molecular flexibility index (Phi) is 12.1. The predicted octanol–water partition coefficient (Wildman–Crippen LogP) is 6.71. The van der Waals surface area contributed by atoms with Crippen molar-refractivity contribution in [1.29, 1.82) is 0 Å². The first-order valence-electron chi connectivity index (χ1n) is 12.3. The number of nitrogens with one attached hydrogen (secondary N) is 2. The number of alkyl carbamates (subject to hydrolysis) is 1. The lowest BCUT2D eigenvalue weighted by Gasteiger charge is -2.31. The fourth-order valence-electron chi connectivity index (χ4n) is 3.59. The second-order valence-corrected chi connectivity index (χ2v) is 10.6. The molecule has 2 unspecified atom stereocenters. The van der Waals surface area contributed by atoms with Crippen molar-refractivity contribution in [3.05, 3.63) is 91.3 Å². The normalized spacial score (nSPS) is 12.1. The van der Waals surface area contributed by atoms with Crippen LogP contribution in [0.4, 0.5) is 10.5 Å². The first-order chi connectivity index (χ1) is 19.9. The summed E-state index contributed by atoms with van der Waals surface area (Å²) in [7, 11) is 0. The Morgan fingerprint density at radius 1 is 0.786 bits per heavy atom. The second-order valence-electron chi connectivity index (χ2n) is 8.74. The number of hydrogen-bond donors (Lipinski definition) is 2. The molecule has 2 atom stereocenters. The van der Waals surface area contributed by atoms with E-state index in [0.717, 1.165) is 5.56 Å². The van der Waals surface area contributed by atoms with Gasteiger partial charge in [-0.1, -0.05) is 107 Å². The summed E-state index contributed by atoms with van der Waals surface area (Å²) < 4.78 is 10.4. The number of carbonyl (C=O) groups is 4. The summed E-state index contributed by atoms with van der Waals surface area (Å²) in [6, 6.07) is 15.2. The number of hydrogen-bond acceptors (Lipinski definition) is 6. The average molecular weight is 676 g/mol. The maximum absolute atomic E-state index is 13.5. The summed E-state index contributed by atoms with van der Waals surface area (Å²) in [5, 5.41) is 3.95. The summed E-state index contributed by atoms with van der Waals surface area (Å²) in [5.41, 5.74) is 1.15. The number of carbonyl (C=O) groups excluding carboxylic acids is 4. The van der Waals surface area contributed by atoms with Crippen molar-refractivity contribution < 1.29 is 28.7 Å². The molecule has 0 aliphatic heterocycles. The molecule has 0 bridgehead atoms. The van der Waals surface area contributed by atoms with Gasteiger partial charge in [0.1, 0.15) is 35.3 Å². The van der Waals surface area contributed by atoms with Gasteiger partial charge in [-0.25, -0.2) is 9.59 Å². The van der Waals surface area contributed by atoms with Gasteiger partial charge >= 0.3 is 12.1 Å². The Hall–Kier alpha value is -3.21. The van der Waals surface area contributed by atoms with E-state index in [9.17, 15) is 19.2 Å². The van der Waals surface area contributed by atoms with Crippen LogP contribution in [0.15, 0.2) is 60.7 Å². The zero-order valence-corrected chi connectivity index (χ0v) is 25.9. The minimum atomic E-state index is -1.12. The molecule has 0 aliphatic rings. The highest BCUT2D eigenvalue weighted by Crippen LogP contribution is 2.48. The number of esters is 1. The zero-order valence-electron chi connectivity index (χ0n) is 22.1. The molecule has 3 aromatic carbocycles. The van der Waals surface area contributed by atoms with Crippen LogP contribution in [0.2, 0.25) is 25.1 Å². The largest absolute Gasteiger partial charge is 0.445 e. The molecule has 0 fully saturated rings. The smallest absolute Gasteiger partial charge is 0.408 e. The monoisotopic (exact) mass is 673 g/mol. The standard InChI is InChI=1S/C28H24Cl5N3O6/c1-15(35-28(40)41-14-17-9-5-3-6-10-17)27(39)36(18-11-7-4-8-12-18)16(2)26(38)34-13-19(37)42-25-23(32)21(30)20(29)22(31)24(25)33/h3-12,15-16H,13-14H2,1-2H3,(H,34,38)(H,35,40). The van der Waals surface area contributed by atoms with Crippen LogP contribution in [0.1, 0.15) is 19.4 Å². The lowest BCUT2D eigenvalue weighted by molar-refractivity contribution is -0.135. The van der Waals surface area contributed by atoms with Crippen LogP contribution in [0.25, 0.3) is 0 Å². The zero-order chi connectivity index (χ0) is 31.0. The first-order valence-corrected chi connectivity index (χ1v) is 14.2. The van der Waals surface area contributed by atoms with Gasteiger partial charge < -0.3 is 20.1 Å². The van der Waals surface area contributed by atoms with Crippen molar-refractivity contribution in [2.45, 2.75) is 32.5 Å². The Labute approximate surface area is 266 Å². The van der Waals surface area contributed by atoms with Crippen molar-refractivity contribution >= 4 is 87.6 Å². The maximum Gasteiger partial charge on any atom is 0.408 e. The van der Waals surface area contributed by atoms with Crippen LogP contribution >= 0.6 is 58.0 Å². The number of amides is 3. The third-order valence-corrected chi connectivity index (χ3v) is 7.99. The minimum absolute atomic E-state index is 0.00967. The van der Waals surface area contributed by atoms with Gasteiger partial charge in [0.25, 0.3) is 0 Å². The van der Waals surface area contributed by atoms with E-state index >= 15 is 0 Å². The molecule has 0 aliphatic carbocycles. The van der Waals surface area contributed by atoms with Crippen LogP contribution < -0.4 is 20.3 Å². The SMILES string of the molecule is CC(NC(=O)OCc1ccccc1)C(=O)N(c1ccccc1)C(C)C(=O)NCC(=O)Oc1c(Cl)c(Cl)c(Cl)c(Cl)c1Cl. The third kappa shape index (κ3) is 8.42. The Morgan fingerprint density at radius 3 is 1.88 bits per heavy atom. The van der Waals surface area contributed by atoms with Crippen LogP contribution in [-0.2, 0) is 25.7 Å². The predicted molar refractivity (Wildman–Crippen MR) is 163 cm³/mol. The van der Waals surface area contributed by atoms with Crippen molar-refractivity contribution in [1.82, 2.24) is 10.6 Å². The summed E-state index contributed by atoms with van der Waals surface area (Å²) in [6.07, 6.45) is -0.813. The minimum Gasteiger partial charge on any atom is -0.445 e. The molecular formula is C28H24Cl5N3O6. The van der Waals surface area contributed by atoms with E-state index in [1.807, 2.05) is 6.07 Å². The van der Waals surface area contributed by atoms with Gasteiger partial charge in [-0.05, 0) is 31.5 Å². The van der Waals surface area contributed by atoms with Gasteiger partial charge in [0.05, 0.1) is 15.1 Å². The van der Waals surface area contributed by atoms with Crippen LogP contribution in [0, 0.1) is 0 Å². The first kappa shape index (κ1) is 33.3. The molecule has 0 aromatic heterocycles. The van der Waals surface area contributed by atoms with Crippen LogP contribution in [0.5, 0.6) is 5.75 Å². The van der Waals surface area contributed by atoms with Crippen LogP contribution in [-0.4, -0.2) is 42.5 Å². The molecule has 222 valence electrons. The number of halogens is 5. The molecular weight excluding hydrogens is 652 g/mol. The number of para-hydroxylation sites is 1. The van der Waals surface area contributed by atoms with E-state index in [1.54, 1.807) is 54.6 Å². The number of anilines is 1. The molecule has 3 aromatic rings. The van der Waals surface area contributed by atoms with Gasteiger partial charge in [-0.2, -0.15) is 0 Å². The number of nitrogens with zero attached hydrogens (tertiary/aromatic N) is 1. The van der Waals surface area contributed by atoms with Crippen molar-refractivity contribution in [2.24, 2.45) is 0 Å². The summed E-state index contributed by atoms with van der Waals surface area (Å²) >= 11 is 30.1. The fourth-order valence-corrected chi connectivity index (χ4v) is 4.79. The highest BCUT2D eigenvalue weighted by Gasteiger charge is 2.32. The quantitative estimate of drug-likeness (QED) is 0.107. The van der Waals surface area contributed by atoms with Gasteiger partial charge in [0.15, 0.2) is 5.75 Å². The van der Waals surface area contributed by atoms with Gasteiger partial charge in [-0.3, -0.25) is 14.5 Å². The molecule has 0 saturated carbocycles. The molecule has 14 heteroatoms. The van der Waals surface area contributed by atoms with Crippen molar-refractivity contribution in [3.63, 3.8) is 0 Å². The van der Waals surface area contributed by atoms with E-state index < -0.39 is 42.5 Å². The van der Waals surface area contributed by atoms with Gasteiger partial charge in [0.2, 0.25) is 11.8 Å². The molecule has 0 spiro atoms. The average Bonchev–Trinajstić information content (AvgIpc) is 3.00. The Bertz CT molecular complexity index is 1430. The molecule has 3 rings (SSSR count). The van der Waals surface area contributed by atoms with Crippen molar-refractivity contribution in [2.75, 3.05) is 11.4 Å². The lowest BCUT2D eigenvalue weighted by atomic mass is 10.1. The fraction of sp³-hybridized carbons (Fsp3) is 0.214. The molecule has 3 amide bonds. The highest BCUT2D eigenvalue weighted by molar-refractivity contribution is 6.55. The third-order valence-electron chi connectivity index (χ3n) is 5.75. The molecule has 0 saturated heterocycles. The molecule has 0 heterocycles. The number of rotatable bonds is 10. The number of benzene rings is 3. The maximum atomic E-state index is 13.5. The van der Waals surface area contributed by atoms with E-state index in [1.165, 1.54) is 18.7 Å². The van der Waals surface area contributed by atoms with E-state index in [4.69, 9.17) is 67.5 Å². The lowest BCUT2D eigenvalue weighted by Crippen LogP contribution is -2.55. The van der Waals surface area contributed by atoms with Gasteiger partial charge in [0, 0.05) is 5.69 Å². The van der Waals surface area contributed by atoms with E-state index in [-0.39, 0.29) is 37.5 Å². The molecule has 2 N–H and O–H groups in total. The molecule has 0 radical (unpaired) electrons. The van der Waals surface area contributed by atoms with Gasteiger partial charge in [-0.15, -0.1) is 0 Å². The Balaban J connectivity index is 1.67. The summed E-state index contributed by atoms with van der Waals surface area (Å²) in [5.74, 6) is -2.59. The number of ether oxygens (including phenoxy) is 2. The van der Waals surface area contributed by atoms with Crippen molar-refractivity contribution in [3.8, 4) is 5.75 Å². The summed E-state index contributed by atoms with van der Waals surface area (Å²) in [4.78, 5) is 52.6. The Morgan fingerprint density at radius 2 is 1.31 bits per heavy atom. The topological polar surface area (TPSA) is 114 Å². The summed E-state index contributed by atoms with van der Waals surface area (Å²) in [6.45, 7) is 2.30.